The largest absolute Gasteiger partial charge is 0.497 e. The molecule has 1 aromatic heterocycles. The van der Waals surface area contributed by atoms with Crippen LogP contribution in [-0.4, -0.2) is 34.9 Å². The normalized spacial score (nSPS) is 11.3. The summed E-state index contributed by atoms with van der Waals surface area (Å²) in [7, 11) is 3.14. The Hall–Kier alpha value is -2.50. The molecule has 0 fully saturated rings. The van der Waals surface area contributed by atoms with Crippen LogP contribution in [0.1, 0.15) is 18.3 Å². The Bertz CT molecular complexity index is 641. The van der Waals surface area contributed by atoms with Gasteiger partial charge in [-0.1, -0.05) is 12.1 Å². The van der Waals surface area contributed by atoms with Gasteiger partial charge in [-0.3, -0.25) is 0 Å². The van der Waals surface area contributed by atoms with E-state index >= 15 is 0 Å². The van der Waals surface area contributed by atoms with Gasteiger partial charge in [-0.05, 0) is 31.5 Å². The van der Waals surface area contributed by atoms with E-state index in [1.165, 1.54) is 7.11 Å². The fourth-order valence-electron chi connectivity index (χ4n) is 1.65. The van der Waals surface area contributed by atoms with Gasteiger partial charge >= 0.3 is 6.01 Å². The van der Waals surface area contributed by atoms with Gasteiger partial charge in [-0.15, -0.1) is 0 Å². The van der Waals surface area contributed by atoms with E-state index in [-0.39, 0.29) is 6.01 Å². The van der Waals surface area contributed by atoms with Crippen LogP contribution in [0.2, 0.25) is 0 Å². The fourth-order valence-corrected chi connectivity index (χ4v) is 1.65. The van der Waals surface area contributed by atoms with Crippen molar-refractivity contribution in [2.24, 2.45) is 4.99 Å². The molecule has 1 heterocycles. The summed E-state index contributed by atoms with van der Waals surface area (Å²) in [5.74, 6) is 1.67. The molecule has 6 nitrogen and oxygen atoms in total. The number of benzene rings is 1. The first-order valence-corrected chi connectivity index (χ1v) is 6.08. The molecule has 0 saturated carbocycles. The third-order valence-corrected chi connectivity index (χ3v) is 2.65. The van der Waals surface area contributed by atoms with Crippen LogP contribution >= 0.6 is 0 Å². The van der Waals surface area contributed by atoms with E-state index in [2.05, 4.69) is 19.9 Å². The maximum atomic E-state index is 5.19. The van der Waals surface area contributed by atoms with Crippen LogP contribution in [0, 0.1) is 6.92 Å². The predicted octanol–water partition coefficient (Wildman–Crippen LogP) is 2.34. The molecule has 0 radical (unpaired) electrons. The molecule has 6 heteroatoms. The molecule has 0 spiro atoms. The van der Waals surface area contributed by atoms with Crippen LogP contribution in [0.25, 0.3) is 0 Å². The molecule has 0 N–H and O–H groups in total. The lowest BCUT2D eigenvalue weighted by atomic mass is 10.1. The molecule has 0 unspecified atom stereocenters. The van der Waals surface area contributed by atoms with Crippen molar-refractivity contribution in [3.63, 3.8) is 0 Å². The zero-order chi connectivity index (χ0) is 14.5. The van der Waals surface area contributed by atoms with E-state index < -0.39 is 0 Å². The number of aliphatic imine (C=N–C) groups is 1. The number of hydrogen-bond donors (Lipinski definition) is 0. The van der Waals surface area contributed by atoms with Crippen molar-refractivity contribution < 1.29 is 9.47 Å². The summed E-state index contributed by atoms with van der Waals surface area (Å²) in [6.45, 7) is 3.66. The van der Waals surface area contributed by atoms with E-state index in [9.17, 15) is 0 Å². The van der Waals surface area contributed by atoms with Crippen LogP contribution < -0.4 is 9.47 Å². The number of methoxy groups -OCH3 is 2. The van der Waals surface area contributed by atoms with Gasteiger partial charge in [0, 0.05) is 5.71 Å². The van der Waals surface area contributed by atoms with Crippen LogP contribution in [-0.2, 0) is 0 Å². The molecule has 2 aromatic rings. The van der Waals surface area contributed by atoms with E-state index in [1.54, 1.807) is 14.0 Å². The molecular weight excluding hydrogens is 256 g/mol. The third-order valence-electron chi connectivity index (χ3n) is 2.65. The Morgan fingerprint density at radius 1 is 1.10 bits per heavy atom. The SMILES string of the molecule is COc1cccc(C(C)=Nc2nc(C)nc(OC)n2)c1. The number of hydrogen-bond acceptors (Lipinski definition) is 6. The minimum atomic E-state index is 0.259. The lowest BCUT2D eigenvalue weighted by molar-refractivity contribution is 0.377. The standard InChI is InChI=1S/C14H16N4O2/c1-9(11-6-5-7-12(8-11)19-3)15-13-16-10(2)17-14(18-13)20-4/h5-8H,1-4H3. The first-order valence-electron chi connectivity index (χ1n) is 6.08. The van der Waals surface area contributed by atoms with E-state index in [0.717, 1.165) is 17.0 Å². The number of aromatic nitrogens is 3. The third kappa shape index (κ3) is 3.28. The number of rotatable bonds is 4. The smallest absolute Gasteiger partial charge is 0.321 e. The second-order valence-corrected chi connectivity index (χ2v) is 4.10. The highest BCUT2D eigenvalue weighted by atomic mass is 16.5. The van der Waals surface area contributed by atoms with Crippen molar-refractivity contribution >= 4 is 11.7 Å². The van der Waals surface area contributed by atoms with Crippen molar-refractivity contribution in [2.45, 2.75) is 13.8 Å². The van der Waals surface area contributed by atoms with Crippen molar-refractivity contribution in [1.82, 2.24) is 15.0 Å². The zero-order valence-corrected chi connectivity index (χ0v) is 11.9. The molecular formula is C14H16N4O2. The van der Waals surface area contributed by atoms with E-state index in [4.69, 9.17) is 9.47 Å². The van der Waals surface area contributed by atoms with E-state index in [0.29, 0.717) is 11.8 Å². The maximum absolute atomic E-state index is 5.19. The Kier molecular flexibility index (Phi) is 4.24. The van der Waals surface area contributed by atoms with Crippen LogP contribution in [0.5, 0.6) is 11.8 Å². The van der Waals surface area contributed by atoms with Crippen LogP contribution in [0.3, 0.4) is 0 Å². The van der Waals surface area contributed by atoms with Crippen LogP contribution in [0.15, 0.2) is 29.3 Å². The molecule has 0 aliphatic rings. The second-order valence-electron chi connectivity index (χ2n) is 4.10. The van der Waals surface area contributed by atoms with Crippen molar-refractivity contribution in [2.75, 3.05) is 14.2 Å². The zero-order valence-electron chi connectivity index (χ0n) is 11.9. The minimum Gasteiger partial charge on any atom is -0.497 e. The minimum absolute atomic E-state index is 0.259. The Morgan fingerprint density at radius 3 is 2.60 bits per heavy atom. The summed E-state index contributed by atoms with van der Waals surface area (Å²) in [4.78, 5) is 16.7. The highest BCUT2D eigenvalue weighted by Gasteiger charge is 2.05. The molecule has 104 valence electrons. The fraction of sp³-hybridized carbons (Fsp3) is 0.286. The monoisotopic (exact) mass is 272 g/mol. The summed E-state index contributed by atoms with van der Waals surface area (Å²) < 4.78 is 10.2. The number of nitrogens with zero attached hydrogens (tertiary/aromatic N) is 4. The molecule has 1 aromatic carbocycles. The van der Waals surface area contributed by atoms with Crippen molar-refractivity contribution in [3.8, 4) is 11.8 Å². The summed E-state index contributed by atoms with van der Waals surface area (Å²) in [5.41, 5.74) is 1.73. The topological polar surface area (TPSA) is 69.5 Å². The van der Waals surface area contributed by atoms with Crippen LogP contribution in [0.4, 0.5) is 5.95 Å². The van der Waals surface area contributed by atoms with Gasteiger partial charge < -0.3 is 9.47 Å². The summed E-state index contributed by atoms with van der Waals surface area (Å²) in [5, 5.41) is 0. The molecule has 0 atom stereocenters. The lowest BCUT2D eigenvalue weighted by Crippen LogP contribution is -2.00. The number of ether oxygens (including phenoxy) is 2. The predicted molar refractivity (Wildman–Crippen MR) is 76.0 cm³/mol. The molecule has 0 bridgehead atoms. The number of aryl methyl sites for hydroxylation is 1. The van der Waals surface area contributed by atoms with Gasteiger partial charge in [0.2, 0.25) is 0 Å². The first-order chi connectivity index (χ1) is 9.62. The molecule has 0 amide bonds. The molecule has 20 heavy (non-hydrogen) atoms. The molecule has 0 aliphatic carbocycles. The molecule has 2 rings (SSSR count). The second kappa shape index (κ2) is 6.10. The van der Waals surface area contributed by atoms with Crippen molar-refractivity contribution in [1.29, 1.82) is 0 Å². The van der Waals surface area contributed by atoms with Gasteiger partial charge in [0.15, 0.2) is 0 Å². The lowest BCUT2D eigenvalue weighted by Gasteiger charge is -2.04. The summed E-state index contributed by atoms with van der Waals surface area (Å²) >= 11 is 0. The maximum Gasteiger partial charge on any atom is 0.321 e. The van der Waals surface area contributed by atoms with Gasteiger partial charge in [-0.25, -0.2) is 4.99 Å². The summed E-state index contributed by atoms with van der Waals surface area (Å²) in [6, 6.07) is 7.91. The Morgan fingerprint density at radius 2 is 1.90 bits per heavy atom. The highest BCUT2D eigenvalue weighted by Crippen LogP contribution is 2.16. The first kappa shape index (κ1) is 13.9. The van der Waals surface area contributed by atoms with Gasteiger partial charge in [-0.2, -0.15) is 15.0 Å². The Labute approximate surface area is 117 Å². The van der Waals surface area contributed by atoms with Gasteiger partial charge in [0.05, 0.1) is 14.2 Å². The molecule has 0 saturated heterocycles. The van der Waals surface area contributed by atoms with Gasteiger partial charge in [0.25, 0.3) is 5.95 Å². The Balaban J connectivity index is 2.36. The summed E-state index contributed by atoms with van der Waals surface area (Å²) in [6.07, 6.45) is 0. The quantitative estimate of drug-likeness (QED) is 0.799. The average molecular weight is 272 g/mol. The van der Waals surface area contributed by atoms with E-state index in [1.807, 2.05) is 31.2 Å². The van der Waals surface area contributed by atoms with Gasteiger partial charge in [0.1, 0.15) is 11.6 Å². The molecule has 0 aliphatic heterocycles. The van der Waals surface area contributed by atoms with Crippen molar-refractivity contribution in [3.05, 3.63) is 35.7 Å². The highest BCUT2D eigenvalue weighted by molar-refractivity contribution is 6.00. The average Bonchev–Trinajstić information content (AvgIpc) is 2.46.